The van der Waals surface area contributed by atoms with Gasteiger partial charge in [0, 0.05) is 0 Å². The number of carboxylic acids is 1. The van der Waals surface area contributed by atoms with Gasteiger partial charge in [-0.05, 0) is 12.2 Å². The Labute approximate surface area is 79.6 Å². The molecule has 7 heteroatoms. The molecule has 0 radical (unpaired) electrons. The first-order valence-corrected chi connectivity index (χ1v) is 3.59. The van der Waals surface area contributed by atoms with Crippen LogP contribution in [0.3, 0.4) is 0 Å². The van der Waals surface area contributed by atoms with Gasteiger partial charge in [0.1, 0.15) is 12.0 Å². The molecule has 0 amide bonds. The van der Waals surface area contributed by atoms with Crippen LogP contribution >= 0.6 is 0 Å². The van der Waals surface area contributed by atoms with Crippen molar-refractivity contribution in [3.05, 3.63) is 36.0 Å². The summed E-state index contributed by atoms with van der Waals surface area (Å²) in [6, 6.07) is 0. The lowest BCUT2D eigenvalue weighted by Gasteiger charge is -2.01. The first-order valence-electron chi connectivity index (χ1n) is 3.59. The molecule has 0 fully saturated rings. The molecular formula is C7H7BO6. The zero-order chi connectivity index (χ0) is 10.6. The van der Waals surface area contributed by atoms with Gasteiger partial charge in [0.25, 0.3) is 0 Å². The van der Waals surface area contributed by atoms with Crippen LogP contribution in [0, 0.1) is 0 Å². The Hall–Kier alpha value is -1.89. The van der Waals surface area contributed by atoms with E-state index in [1.165, 1.54) is 0 Å². The molecule has 0 aromatic heterocycles. The molecule has 14 heavy (non-hydrogen) atoms. The van der Waals surface area contributed by atoms with E-state index < -0.39 is 19.0 Å². The number of aliphatic carboxylic acids is 1. The van der Waals surface area contributed by atoms with Gasteiger partial charge in [-0.3, -0.25) is 0 Å². The molecule has 0 atom stereocenters. The zero-order valence-electron chi connectivity index (χ0n) is 6.95. The van der Waals surface area contributed by atoms with Gasteiger partial charge in [-0.15, -0.1) is 0 Å². The standard InChI is InChI=1S/C7H7BO6/c9-6-3-5(7(10)11)1-2-13-8(12)14-4-6/h1-4,9,12H,(H,10,11)/b2-1+,5-3+,6-4-. The van der Waals surface area contributed by atoms with Crippen LogP contribution in [-0.4, -0.2) is 28.5 Å². The highest BCUT2D eigenvalue weighted by Gasteiger charge is 2.18. The summed E-state index contributed by atoms with van der Waals surface area (Å²) < 4.78 is 8.92. The third-order valence-electron chi connectivity index (χ3n) is 1.30. The van der Waals surface area contributed by atoms with Gasteiger partial charge in [0.2, 0.25) is 0 Å². The summed E-state index contributed by atoms with van der Waals surface area (Å²) in [6.45, 7) is 0. The van der Waals surface area contributed by atoms with E-state index in [-0.39, 0.29) is 5.57 Å². The minimum absolute atomic E-state index is 0.198. The van der Waals surface area contributed by atoms with Gasteiger partial charge in [-0.1, -0.05) is 0 Å². The fraction of sp³-hybridized carbons (Fsp3) is 0. The highest BCUT2D eigenvalue weighted by Crippen LogP contribution is 2.06. The molecule has 0 aromatic rings. The summed E-state index contributed by atoms with van der Waals surface area (Å²) in [6.07, 6.45) is 3.77. The van der Waals surface area contributed by atoms with Gasteiger partial charge < -0.3 is 24.5 Å². The second-order valence-electron chi connectivity index (χ2n) is 2.33. The van der Waals surface area contributed by atoms with Crippen molar-refractivity contribution in [2.75, 3.05) is 0 Å². The first-order chi connectivity index (χ1) is 6.59. The van der Waals surface area contributed by atoms with Gasteiger partial charge in [0.15, 0.2) is 0 Å². The molecule has 1 rings (SSSR count). The summed E-state index contributed by atoms with van der Waals surface area (Å²) in [4.78, 5) is 10.5. The molecule has 0 saturated heterocycles. The number of hydrogen-bond donors (Lipinski definition) is 3. The molecule has 0 aromatic carbocycles. The molecule has 0 unspecified atom stereocenters. The molecule has 74 valence electrons. The topological polar surface area (TPSA) is 96.2 Å². The van der Waals surface area contributed by atoms with Crippen molar-refractivity contribution in [1.82, 2.24) is 0 Å². The predicted octanol–water partition coefficient (Wildman–Crippen LogP) is -0.0655. The fourth-order valence-electron chi connectivity index (χ4n) is 0.714. The molecule has 1 aliphatic heterocycles. The number of rotatable bonds is 1. The maximum Gasteiger partial charge on any atom is 0.784 e. The number of carboxylic acid groups (broad SMARTS) is 1. The molecular weight excluding hydrogens is 191 g/mol. The fourth-order valence-corrected chi connectivity index (χ4v) is 0.714. The summed E-state index contributed by atoms with van der Waals surface area (Å²) in [5, 5.41) is 26.5. The first kappa shape index (κ1) is 10.2. The van der Waals surface area contributed by atoms with E-state index in [0.29, 0.717) is 0 Å². The van der Waals surface area contributed by atoms with E-state index in [9.17, 15) is 4.79 Å². The van der Waals surface area contributed by atoms with E-state index >= 15 is 0 Å². The normalized spacial score (nSPS) is 26.2. The minimum atomic E-state index is -1.57. The summed E-state index contributed by atoms with van der Waals surface area (Å²) in [7, 11) is -1.57. The van der Waals surface area contributed by atoms with Crippen molar-refractivity contribution in [3.63, 3.8) is 0 Å². The SMILES string of the molecule is O=C(O)C1=C/C(O)=C/OB(O)O\C=C\1. The van der Waals surface area contributed by atoms with Crippen LogP contribution in [0.5, 0.6) is 0 Å². The van der Waals surface area contributed by atoms with Crippen molar-refractivity contribution >= 4 is 13.3 Å². The van der Waals surface area contributed by atoms with Crippen molar-refractivity contribution in [2.24, 2.45) is 0 Å². The molecule has 0 aliphatic carbocycles. The van der Waals surface area contributed by atoms with E-state index in [1.807, 2.05) is 0 Å². The van der Waals surface area contributed by atoms with Crippen molar-refractivity contribution < 1.29 is 29.3 Å². The van der Waals surface area contributed by atoms with E-state index in [2.05, 4.69) is 9.31 Å². The maximum atomic E-state index is 10.5. The predicted molar refractivity (Wildman–Crippen MR) is 45.7 cm³/mol. The van der Waals surface area contributed by atoms with Crippen molar-refractivity contribution in [2.45, 2.75) is 0 Å². The van der Waals surface area contributed by atoms with E-state index in [4.69, 9.17) is 15.2 Å². The molecule has 0 saturated carbocycles. The number of carbonyl (C=O) groups is 1. The number of aliphatic hydroxyl groups is 1. The highest BCUT2D eigenvalue weighted by atomic mass is 16.7. The lowest BCUT2D eigenvalue weighted by atomic mass is 10.2. The quantitative estimate of drug-likeness (QED) is 0.510. The van der Waals surface area contributed by atoms with Crippen LogP contribution in [-0.2, 0) is 14.1 Å². The summed E-state index contributed by atoms with van der Waals surface area (Å²) in [5.74, 6) is -1.67. The summed E-state index contributed by atoms with van der Waals surface area (Å²) in [5.41, 5.74) is -0.198. The number of aliphatic hydroxyl groups excluding tert-OH is 1. The molecule has 1 heterocycles. The Morgan fingerprint density at radius 3 is 2.79 bits per heavy atom. The lowest BCUT2D eigenvalue weighted by molar-refractivity contribution is -0.132. The van der Waals surface area contributed by atoms with Crippen LogP contribution in [0.15, 0.2) is 36.0 Å². The number of allylic oxidation sites excluding steroid dienone is 1. The molecule has 3 N–H and O–H groups in total. The molecule has 0 bridgehead atoms. The average Bonchev–Trinajstić information content (AvgIpc) is 2.19. The van der Waals surface area contributed by atoms with Crippen molar-refractivity contribution in [3.8, 4) is 0 Å². The number of hydrogen-bond acceptors (Lipinski definition) is 5. The lowest BCUT2D eigenvalue weighted by Crippen LogP contribution is -2.16. The zero-order valence-corrected chi connectivity index (χ0v) is 6.95. The van der Waals surface area contributed by atoms with Crippen LogP contribution < -0.4 is 0 Å². The largest absolute Gasteiger partial charge is 0.784 e. The monoisotopic (exact) mass is 198 g/mol. The van der Waals surface area contributed by atoms with Crippen LogP contribution in [0.4, 0.5) is 0 Å². The minimum Gasteiger partial charge on any atom is -0.507 e. The van der Waals surface area contributed by atoms with Crippen molar-refractivity contribution in [1.29, 1.82) is 0 Å². The van der Waals surface area contributed by atoms with Crippen LogP contribution in [0.1, 0.15) is 0 Å². The average molecular weight is 198 g/mol. The third-order valence-corrected chi connectivity index (χ3v) is 1.30. The Bertz CT molecular complexity index is 318. The molecule has 6 nitrogen and oxygen atoms in total. The third kappa shape index (κ3) is 2.87. The van der Waals surface area contributed by atoms with E-state index in [1.54, 1.807) is 0 Å². The Kier molecular flexibility index (Phi) is 3.19. The highest BCUT2D eigenvalue weighted by molar-refractivity contribution is 6.35. The Morgan fingerprint density at radius 2 is 2.14 bits per heavy atom. The maximum absolute atomic E-state index is 10.5. The second-order valence-corrected chi connectivity index (χ2v) is 2.33. The summed E-state index contributed by atoms with van der Waals surface area (Å²) >= 11 is 0. The van der Waals surface area contributed by atoms with Crippen LogP contribution in [0.25, 0.3) is 0 Å². The Balaban J connectivity index is 2.94. The smallest absolute Gasteiger partial charge is 0.507 e. The second kappa shape index (κ2) is 4.38. The van der Waals surface area contributed by atoms with Crippen LogP contribution in [0.2, 0.25) is 0 Å². The van der Waals surface area contributed by atoms with Gasteiger partial charge >= 0.3 is 13.3 Å². The van der Waals surface area contributed by atoms with Gasteiger partial charge in [-0.25, -0.2) is 4.79 Å². The van der Waals surface area contributed by atoms with Gasteiger partial charge in [0.05, 0.1) is 11.8 Å². The Morgan fingerprint density at radius 1 is 1.43 bits per heavy atom. The van der Waals surface area contributed by atoms with E-state index in [0.717, 1.165) is 24.7 Å². The molecule has 0 spiro atoms. The van der Waals surface area contributed by atoms with Gasteiger partial charge in [-0.2, -0.15) is 0 Å². The molecule has 1 aliphatic rings.